The molecule has 1 spiro atoms. The summed E-state index contributed by atoms with van der Waals surface area (Å²) < 4.78 is 10.9. The monoisotopic (exact) mass is 500 g/mol. The van der Waals surface area contributed by atoms with Crippen LogP contribution >= 0.6 is 0 Å². The number of hydrogen-bond acceptors (Lipinski definition) is 8. The van der Waals surface area contributed by atoms with E-state index < -0.39 is 5.54 Å². The third-order valence-electron chi connectivity index (χ3n) is 6.46. The molecule has 11 heteroatoms. The molecule has 0 atom stereocenters. The van der Waals surface area contributed by atoms with Gasteiger partial charge >= 0.3 is 0 Å². The van der Waals surface area contributed by atoms with Crippen molar-refractivity contribution in [2.75, 3.05) is 37.9 Å². The molecular formula is C25H32N4O7. The van der Waals surface area contributed by atoms with Crippen molar-refractivity contribution >= 4 is 24.7 Å². The highest BCUT2D eigenvalue weighted by Gasteiger charge is 2.44. The van der Waals surface area contributed by atoms with Crippen LogP contribution in [0.15, 0.2) is 36.5 Å². The maximum Gasteiger partial charge on any atom is 0.290 e. The standard InChI is InChI=1S/C23H28N4O3.2CH2O2/c1-22(2)13-25-21(28)23(26-14-22)6-9-27(10-7-23)20-12-17(5-8-24-20)16-3-4-18-19(11-16)30-15-29-18;2*2-1-3/h3-5,8,11-12,26H,6-7,9-10,13-15H2,1-2H3,(H,25,28);2*1H,(H,2,3). The number of fused-ring (bicyclic) bond motifs is 1. The molecule has 0 saturated carbocycles. The highest BCUT2D eigenvalue weighted by molar-refractivity contribution is 5.87. The molecule has 3 aliphatic heterocycles. The van der Waals surface area contributed by atoms with Crippen molar-refractivity contribution in [3.8, 4) is 22.6 Å². The number of nitrogens with one attached hydrogen (secondary N) is 2. The second kappa shape index (κ2) is 11.7. The van der Waals surface area contributed by atoms with Gasteiger partial charge in [0.25, 0.3) is 12.9 Å². The third-order valence-corrected chi connectivity index (χ3v) is 6.46. The predicted octanol–water partition coefficient (Wildman–Crippen LogP) is 1.96. The van der Waals surface area contributed by atoms with Crippen molar-refractivity contribution in [1.82, 2.24) is 15.6 Å². The predicted molar refractivity (Wildman–Crippen MR) is 132 cm³/mol. The van der Waals surface area contributed by atoms with E-state index in [0.717, 1.165) is 60.9 Å². The molecule has 0 unspecified atom stereocenters. The van der Waals surface area contributed by atoms with E-state index in [0.29, 0.717) is 6.54 Å². The van der Waals surface area contributed by atoms with E-state index in [1.807, 2.05) is 30.5 Å². The third kappa shape index (κ3) is 6.22. The van der Waals surface area contributed by atoms with E-state index in [1.54, 1.807) is 0 Å². The molecule has 0 bridgehead atoms. The molecule has 1 aromatic carbocycles. The number of benzene rings is 1. The van der Waals surface area contributed by atoms with Gasteiger partial charge in [-0.25, -0.2) is 4.98 Å². The Bertz CT molecular complexity index is 1060. The summed E-state index contributed by atoms with van der Waals surface area (Å²) in [6, 6.07) is 10.1. The van der Waals surface area contributed by atoms with Crippen LogP contribution in [-0.2, 0) is 14.4 Å². The molecule has 0 aliphatic carbocycles. The fourth-order valence-electron chi connectivity index (χ4n) is 4.41. The Morgan fingerprint density at radius 1 is 0.972 bits per heavy atom. The van der Waals surface area contributed by atoms with Gasteiger partial charge in [0.05, 0.1) is 0 Å². The molecule has 3 aliphatic rings. The van der Waals surface area contributed by atoms with E-state index in [4.69, 9.17) is 29.3 Å². The molecule has 0 radical (unpaired) electrons. The Kier molecular flexibility index (Phi) is 8.70. The maximum absolute atomic E-state index is 12.8. The van der Waals surface area contributed by atoms with Gasteiger partial charge in [-0.2, -0.15) is 0 Å². The minimum Gasteiger partial charge on any atom is -0.483 e. The molecule has 11 nitrogen and oxygen atoms in total. The number of amides is 1. The van der Waals surface area contributed by atoms with Gasteiger partial charge in [0.15, 0.2) is 11.5 Å². The van der Waals surface area contributed by atoms with Gasteiger partial charge in [0, 0.05) is 32.4 Å². The van der Waals surface area contributed by atoms with Crippen LogP contribution in [0.5, 0.6) is 11.5 Å². The number of pyridine rings is 1. The Morgan fingerprint density at radius 2 is 1.61 bits per heavy atom. The molecule has 2 aromatic rings. The summed E-state index contributed by atoms with van der Waals surface area (Å²) in [7, 11) is 0. The lowest BCUT2D eigenvalue weighted by Crippen LogP contribution is -2.60. The Balaban J connectivity index is 0.000000550. The number of ether oxygens (including phenoxy) is 2. The summed E-state index contributed by atoms with van der Waals surface area (Å²) in [5, 5.41) is 20.5. The smallest absolute Gasteiger partial charge is 0.290 e. The zero-order valence-electron chi connectivity index (χ0n) is 20.4. The first-order valence-corrected chi connectivity index (χ1v) is 11.6. The average Bonchev–Trinajstić information content (AvgIpc) is 3.32. The summed E-state index contributed by atoms with van der Waals surface area (Å²) >= 11 is 0. The number of carboxylic acid groups (broad SMARTS) is 2. The molecular weight excluding hydrogens is 468 g/mol. The van der Waals surface area contributed by atoms with E-state index >= 15 is 0 Å². The normalized spacial score (nSPS) is 18.9. The fraction of sp³-hybridized carbons (Fsp3) is 0.440. The van der Waals surface area contributed by atoms with Crippen molar-refractivity contribution < 1.29 is 34.1 Å². The Morgan fingerprint density at radius 3 is 2.31 bits per heavy atom. The second-order valence-corrected chi connectivity index (χ2v) is 9.45. The van der Waals surface area contributed by atoms with Gasteiger partial charge < -0.3 is 35.2 Å². The van der Waals surface area contributed by atoms with Crippen LogP contribution in [0.1, 0.15) is 26.7 Å². The lowest BCUT2D eigenvalue weighted by molar-refractivity contribution is -0.128. The van der Waals surface area contributed by atoms with Crippen LogP contribution in [0.3, 0.4) is 0 Å². The van der Waals surface area contributed by atoms with Crippen LogP contribution in [0.2, 0.25) is 0 Å². The number of carbonyl (C=O) groups is 3. The largest absolute Gasteiger partial charge is 0.483 e. The van der Waals surface area contributed by atoms with Gasteiger partial charge in [-0.3, -0.25) is 14.4 Å². The molecule has 5 rings (SSSR count). The number of rotatable bonds is 2. The molecule has 2 saturated heterocycles. The van der Waals surface area contributed by atoms with Crippen LogP contribution < -0.4 is 25.0 Å². The highest BCUT2D eigenvalue weighted by Crippen LogP contribution is 2.37. The van der Waals surface area contributed by atoms with Crippen LogP contribution in [-0.4, -0.2) is 72.6 Å². The van der Waals surface area contributed by atoms with Gasteiger partial charge in [-0.05, 0) is 53.6 Å². The maximum atomic E-state index is 12.8. The molecule has 194 valence electrons. The molecule has 1 amide bonds. The molecule has 36 heavy (non-hydrogen) atoms. The average molecular weight is 501 g/mol. The first-order chi connectivity index (χ1) is 17.3. The number of nitrogens with zero attached hydrogens (tertiary/aromatic N) is 2. The van der Waals surface area contributed by atoms with Crippen LogP contribution in [0.25, 0.3) is 11.1 Å². The van der Waals surface area contributed by atoms with Crippen LogP contribution in [0.4, 0.5) is 5.82 Å². The first-order valence-electron chi connectivity index (χ1n) is 11.6. The summed E-state index contributed by atoms with van der Waals surface area (Å²) in [4.78, 5) is 36.4. The molecule has 4 heterocycles. The number of carbonyl (C=O) groups excluding carboxylic acids is 1. The highest BCUT2D eigenvalue weighted by atomic mass is 16.7. The van der Waals surface area contributed by atoms with Crippen molar-refractivity contribution in [3.05, 3.63) is 36.5 Å². The minimum absolute atomic E-state index is 0.0663. The van der Waals surface area contributed by atoms with Gasteiger partial charge in [0.1, 0.15) is 11.4 Å². The van der Waals surface area contributed by atoms with E-state index in [-0.39, 0.29) is 31.1 Å². The van der Waals surface area contributed by atoms with Crippen molar-refractivity contribution in [2.45, 2.75) is 32.2 Å². The Labute approximate surface area is 209 Å². The summed E-state index contributed by atoms with van der Waals surface area (Å²) in [5.41, 5.74) is 1.75. The van der Waals surface area contributed by atoms with E-state index in [1.165, 1.54) is 0 Å². The van der Waals surface area contributed by atoms with Gasteiger partial charge in [0.2, 0.25) is 12.7 Å². The zero-order chi connectivity index (χ0) is 26.2. The lowest BCUT2D eigenvalue weighted by atomic mass is 9.86. The van der Waals surface area contributed by atoms with E-state index in [9.17, 15) is 4.79 Å². The number of hydrogen-bond donors (Lipinski definition) is 4. The summed E-state index contributed by atoms with van der Waals surface area (Å²) in [6.07, 6.45) is 3.38. The number of piperidine rings is 1. The molecule has 4 N–H and O–H groups in total. The molecule has 2 fully saturated rings. The lowest BCUT2D eigenvalue weighted by Gasteiger charge is -2.41. The quantitative estimate of drug-likeness (QED) is 0.451. The Hall–Kier alpha value is -3.86. The summed E-state index contributed by atoms with van der Waals surface area (Å²) in [5.74, 6) is 2.63. The molecule has 1 aromatic heterocycles. The SMILES string of the molecule is CC1(C)CNC(=O)C2(CCN(c3cc(-c4ccc5c(c4)OCO5)ccn3)CC2)NC1.O=CO.O=CO. The zero-order valence-corrected chi connectivity index (χ0v) is 20.4. The topological polar surface area (TPSA) is 150 Å². The second-order valence-electron chi connectivity index (χ2n) is 9.45. The van der Waals surface area contributed by atoms with E-state index in [2.05, 4.69) is 40.4 Å². The van der Waals surface area contributed by atoms with Crippen LogP contribution in [0, 0.1) is 5.41 Å². The van der Waals surface area contributed by atoms with Gasteiger partial charge in [-0.1, -0.05) is 19.9 Å². The van der Waals surface area contributed by atoms with Crippen molar-refractivity contribution in [1.29, 1.82) is 0 Å². The minimum atomic E-state index is -0.473. The number of anilines is 1. The fourth-order valence-corrected chi connectivity index (χ4v) is 4.41. The first kappa shape index (κ1) is 26.7. The van der Waals surface area contributed by atoms with Gasteiger partial charge in [-0.15, -0.1) is 0 Å². The van der Waals surface area contributed by atoms with Crippen molar-refractivity contribution in [3.63, 3.8) is 0 Å². The van der Waals surface area contributed by atoms with Crippen molar-refractivity contribution in [2.24, 2.45) is 5.41 Å². The number of aromatic nitrogens is 1. The summed E-state index contributed by atoms with van der Waals surface area (Å²) in [6.45, 7) is 7.26.